The molecule has 8 aliphatic carbocycles. The maximum atomic E-state index is 13.1. The maximum Gasteiger partial charge on any atom is 0.348 e. The first kappa shape index (κ1) is 28.1. The Kier molecular flexibility index (Phi) is 6.54. The van der Waals surface area contributed by atoms with Gasteiger partial charge in [-0.15, -0.1) is 0 Å². The lowest BCUT2D eigenvalue weighted by Crippen LogP contribution is -2.60. The van der Waals surface area contributed by atoms with E-state index >= 15 is 0 Å². The van der Waals surface area contributed by atoms with Crippen LogP contribution in [-0.2, 0) is 33.3 Å². The second kappa shape index (κ2) is 10.0. The van der Waals surface area contributed by atoms with Crippen LogP contribution in [0.1, 0.15) is 78.1 Å². The quantitative estimate of drug-likeness (QED) is 0.201. The van der Waals surface area contributed by atoms with Crippen molar-refractivity contribution in [3.63, 3.8) is 0 Å². The summed E-state index contributed by atoms with van der Waals surface area (Å²) in [6, 6.07) is 0. The number of aliphatic hydroxyl groups is 1. The SMILES string of the molecule is CC1(C2C3CC4CC(C3)CC2C4)OC(=O)C(=CC=CC=CC2C(=O)OC(C)(C3C4CC5CC(C4)CC3C5)OC2O)C(=O)O1. The summed E-state index contributed by atoms with van der Waals surface area (Å²) in [5.74, 6) is -0.00844. The summed E-state index contributed by atoms with van der Waals surface area (Å²) in [5, 5.41) is 10.9. The second-order valence-electron chi connectivity index (χ2n) is 15.5. The molecule has 0 aromatic heterocycles. The molecule has 0 spiro atoms. The number of hydrogen-bond acceptors (Lipinski definition) is 8. The van der Waals surface area contributed by atoms with Crippen molar-refractivity contribution in [1.82, 2.24) is 0 Å². The van der Waals surface area contributed by atoms with Crippen molar-refractivity contribution in [2.75, 3.05) is 0 Å². The van der Waals surface area contributed by atoms with Crippen LogP contribution in [0, 0.1) is 65.1 Å². The Labute approximate surface area is 253 Å². The van der Waals surface area contributed by atoms with Gasteiger partial charge in [0.05, 0.1) is 0 Å². The van der Waals surface area contributed by atoms with E-state index in [1.165, 1.54) is 31.1 Å². The summed E-state index contributed by atoms with van der Waals surface area (Å²) in [6.07, 6.45) is 18.1. The molecule has 8 nitrogen and oxygen atoms in total. The Bertz CT molecular complexity index is 1220. The number of carbonyl (C=O) groups excluding carboxylic acids is 3. The fraction of sp³-hybridized carbons (Fsp3) is 0.743. The number of ether oxygens (including phenoxy) is 4. The minimum absolute atomic E-state index is 0.0577. The highest BCUT2D eigenvalue weighted by Gasteiger charge is 2.61. The molecular formula is C35H44O8. The van der Waals surface area contributed by atoms with E-state index in [1.54, 1.807) is 19.1 Å². The molecular weight excluding hydrogens is 548 g/mol. The van der Waals surface area contributed by atoms with E-state index in [2.05, 4.69) is 0 Å². The van der Waals surface area contributed by atoms with Crippen LogP contribution >= 0.6 is 0 Å². The number of allylic oxidation sites excluding steroid dienone is 4. The Morgan fingerprint density at radius 2 is 1.09 bits per heavy atom. The van der Waals surface area contributed by atoms with Gasteiger partial charge in [-0.3, -0.25) is 4.79 Å². The Balaban J connectivity index is 0.893. The van der Waals surface area contributed by atoms with E-state index < -0.39 is 41.7 Å². The lowest BCUT2D eigenvalue weighted by atomic mass is 9.50. The highest BCUT2D eigenvalue weighted by atomic mass is 16.8. The normalized spacial score (nSPS) is 51.7. The lowest BCUT2D eigenvalue weighted by Gasteiger charge is -2.59. The monoisotopic (exact) mass is 592 g/mol. The topological polar surface area (TPSA) is 108 Å². The molecule has 8 bridgehead atoms. The maximum absolute atomic E-state index is 13.1. The van der Waals surface area contributed by atoms with Crippen LogP contribution in [-0.4, -0.2) is 40.9 Å². The molecule has 3 atom stereocenters. The van der Waals surface area contributed by atoms with E-state index in [9.17, 15) is 19.5 Å². The zero-order valence-corrected chi connectivity index (χ0v) is 25.2. The first-order valence-corrected chi connectivity index (χ1v) is 16.7. The first-order chi connectivity index (χ1) is 20.6. The van der Waals surface area contributed by atoms with Gasteiger partial charge < -0.3 is 24.1 Å². The van der Waals surface area contributed by atoms with Crippen molar-refractivity contribution >= 4 is 17.9 Å². The molecule has 0 aromatic rings. The van der Waals surface area contributed by atoms with Crippen LogP contribution in [0.2, 0.25) is 0 Å². The van der Waals surface area contributed by atoms with Crippen LogP contribution in [0.15, 0.2) is 36.0 Å². The fourth-order valence-electron chi connectivity index (χ4n) is 11.9. The van der Waals surface area contributed by atoms with Crippen LogP contribution in [0.5, 0.6) is 0 Å². The predicted molar refractivity (Wildman–Crippen MR) is 153 cm³/mol. The van der Waals surface area contributed by atoms with Gasteiger partial charge in [-0.1, -0.05) is 24.3 Å². The number of cyclic esters (lactones) is 3. The van der Waals surface area contributed by atoms with Crippen molar-refractivity contribution < 1.29 is 38.4 Å². The molecule has 1 N–H and O–H groups in total. The summed E-state index contributed by atoms with van der Waals surface area (Å²) >= 11 is 0. The average molecular weight is 593 g/mol. The zero-order valence-electron chi connectivity index (χ0n) is 25.2. The Morgan fingerprint density at radius 3 is 1.56 bits per heavy atom. The van der Waals surface area contributed by atoms with Crippen LogP contribution < -0.4 is 0 Å². The zero-order chi connectivity index (χ0) is 29.7. The Morgan fingerprint density at radius 1 is 0.628 bits per heavy atom. The molecule has 2 aliphatic heterocycles. The van der Waals surface area contributed by atoms with E-state index in [1.807, 2.05) is 6.92 Å². The van der Waals surface area contributed by atoms with E-state index in [4.69, 9.17) is 18.9 Å². The number of rotatable bonds is 5. The molecule has 10 rings (SSSR count). The van der Waals surface area contributed by atoms with Crippen LogP contribution in [0.4, 0.5) is 0 Å². The third-order valence-corrected chi connectivity index (χ3v) is 12.7. The average Bonchev–Trinajstić information content (AvgIpc) is 2.89. The molecule has 8 heteroatoms. The van der Waals surface area contributed by atoms with Crippen molar-refractivity contribution in [2.45, 2.75) is 95.9 Å². The smallest absolute Gasteiger partial charge is 0.348 e. The third-order valence-electron chi connectivity index (χ3n) is 12.7. The van der Waals surface area contributed by atoms with E-state index in [0.717, 1.165) is 75.0 Å². The lowest BCUT2D eigenvalue weighted by molar-refractivity contribution is -0.354. The first-order valence-electron chi connectivity index (χ1n) is 16.7. The summed E-state index contributed by atoms with van der Waals surface area (Å²) < 4.78 is 23.7. The van der Waals surface area contributed by atoms with Crippen LogP contribution in [0.3, 0.4) is 0 Å². The summed E-state index contributed by atoms with van der Waals surface area (Å²) in [5.41, 5.74) is -0.155. The van der Waals surface area contributed by atoms with Gasteiger partial charge in [0, 0.05) is 25.7 Å². The van der Waals surface area contributed by atoms with Gasteiger partial charge in [-0.25, -0.2) is 9.59 Å². The number of aliphatic hydroxyl groups excluding tert-OH is 1. The van der Waals surface area contributed by atoms with Crippen molar-refractivity contribution in [3.05, 3.63) is 36.0 Å². The molecule has 232 valence electrons. The van der Waals surface area contributed by atoms with Gasteiger partial charge >= 0.3 is 17.9 Å². The van der Waals surface area contributed by atoms with E-state index in [0.29, 0.717) is 23.7 Å². The summed E-state index contributed by atoms with van der Waals surface area (Å²) in [4.78, 5) is 39.0. The standard InChI is InChI=1S/C35H44O8/c1-34(28-22-10-18-8-19(12-22)13-23(28)11-18)40-30(36)26(31(37)41-34)6-4-3-5-7-27-32(38)42-35(2,43-33(27)39)29-24-14-20-9-21(16-24)17-25(29)15-20/h3-7,18-26,28-30,36H,8-17H2,1-2H3. The molecule has 10 aliphatic rings. The van der Waals surface area contributed by atoms with Gasteiger partial charge in [0.2, 0.25) is 5.79 Å². The van der Waals surface area contributed by atoms with Crippen molar-refractivity contribution in [2.24, 2.45) is 65.1 Å². The number of hydrogen-bond donors (Lipinski definition) is 1. The largest absolute Gasteiger partial charge is 0.432 e. The van der Waals surface area contributed by atoms with Gasteiger partial charge in [0.25, 0.3) is 5.79 Å². The summed E-state index contributed by atoms with van der Waals surface area (Å²) in [7, 11) is 0. The highest BCUT2D eigenvalue weighted by Crippen LogP contribution is 2.61. The van der Waals surface area contributed by atoms with Crippen molar-refractivity contribution in [1.29, 1.82) is 0 Å². The number of carbonyl (C=O) groups is 3. The molecule has 0 aromatic carbocycles. The minimum Gasteiger partial charge on any atom is -0.432 e. The van der Waals surface area contributed by atoms with Gasteiger partial charge in [0.15, 0.2) is 6.29 Å². The van der Waals surface area contributed by atoms with Gasteiger partial charge in [-0.2, -0.15) is 0 Å². The van der Waals surface area contributed by atoms with Crippen LogP contribution in [0.25, 0.3) is 0 Å². The van der Waals surface area contributed by atoms with Gasteiger partial charge in [-0.05, 0) is 118 Å². The Hall–Kier alpha value is -2.45. The third kappa shape index (κ3) is 4.65. The molecule has 2 heterocycles. The molecule has 0 amide bonds. The van der Waals surface area contributed by atoms with E-state index in [-0.39, 0.29) is 17.4 Å². The van der Waals surface area contributed by atoms with Crippen molar-refractivity contribution in [3.8, 4) is 0 Å². The minimum atomic E-state index is -1.31. The second-order valence-corrected chi connectivity index (χ2v) is 15.5. The summed E-state index contributed by atoms with van der Waals surface area (Å²) in [6.45, 7) is 3.58. The molecule has 8 saturated carbocycles. The highest BCUT2D eigenvalue weighted by molar-refractivity contribution is 6.15. The molecule has 10 fully saturated rings. The van der Waals surface area contributed by atoms with Gasteiger partial charge in [0.1, 0.15) is 11.5 Å². The predicted octanol–water partition coefficient (Wildman–Crippen LogP) is 5.21. The fourth-order valence-corrected chi connectivity index (χ4v) is 11.9. The molecule has 3 unspecified atom stereocenters. The molecule has 2 saturated heterocycles. The number of esters is 3. The molecule has 43 heavy (non-hydrogen) atoms. The molecule has 0 radical (unpaired) electrons.